The van der Waals surface area contributed by atoms with E-state index in [1.807, 2.05) is 0 Å². The smallest absolute Gasteiger partial charge is 0.0865 e. The normalized spacial score (nSPS) is 31.9. The summed E-state index contributed by atoms with van der Waals surface area (Å²) in [6, 6.07) is 0. The van der Waals surface area contributed by atoms with Crippen LogP contribution in [0.15, 0.2) is 0 Å². The first-order chi connectivity index (χ1) is 7.00. The summed E-state index contributed by atoms with van der Waals surface area (Å²) in [7, 11) is 0. The zero-order chi connectivity index (χ0) is 11.4. The molecule has 3 nitrogen and oxygen atoms in total. The van der Waals surface area contributed by atoms with Gasteiger partial charge in [0.05, 0.1) is 18.7 Å². The minimum absolute atomic E-state index is 0.103. The van der Waals surface area contributed by atoms with Gasteiger partial charge in [-0.1, -0.05) is 27.2 Å². The van der Waals surface area contributed by atoms with Gasteiger partial charge in [0.1, 0.15) is 0 Å². The van der Waals surface area contributed by atoms with E-state index in [1.54, 1.807) is 0 Å². The zero-order valence-electron chi connectivity index (χ0n) is 9.86. The fourth-order valence-corrected chi connectivity index (χ4v) is 2.48. The summed E-state index contributed by atoms with van der Waals surface area (Å²) in [5.74, 6) is 0.590. The lowest BCUT2D eigenvalue weighted by atomic mass is 9.75. The number of rotatable bonds is 4. The minimum atomic E-state index is -1.12. The zero-order valence-corrected chi connectivity index (χ0v) is 9.86. The number of carbonyl (C=O) groups is 1. The van der Waals surface area contributed by atoms with Crippen LogP contribution in [0.5, 0.6) is 0 Å². The van der Waals surface area contributed by atoms with Crippen molar-refractivity contribution in [2.75, 3.05) is 6.61 Å². The first-order valence-electron chi connectivity index (χ1n) is 5.82. The van der Waals surface area contributed by atoms with Gasteiger partial charge in [-0.15, -0.1) is 0 Å². The molecule has 3 heteroatoms. The minimum Gasteiger partial charge on any atom is -0.548 e. The molecule has 3 atom stereocenters. The molecule has 0 aliphatic heterocycles. The molecule has 0 N–H and O–H groups in total. The van der Waals surface area contributed by atoms with Gasteiger partial charge < -0.3 is 14.6 Å². The standard InChI is InChI=1S/C12H22O3/c1-8(2)10-5-4-9(3)6-11(10)15-7-12(13)14/h8-11H,4-7H2,1-3H3,(H,13,14)/p-1/t9-,10+,11-/m1/s1. The van der Waals surface area contributed by atoms with Crippen LogP contribution in [0.3, 0.4) is 0 Å². The fraction of sp³-hybridized carbons (Fsp3) is 0.917. The van der Waals surface area contributed by atoms with Gasteiger partial charge in [-0.25, -0.2) is 0 Å². The van der Waals surface area contributed by atoms with Gasteiger partial charge in [-0.05, 0) is 30.6 Å². The van der Waals surface area contributed by atoms with Gasteiger partial charge >= 0.3 is 0 Å². The van der Waals surface area contributed by atoms with E-state index < -0.39 is 5.97 Å². The summed E-state index contributed by atoms with van der Waals surface area (Å²) in [6.07, 6.45) is 3.47. The number of hydrogen-bond donors (Lipinski definition) is 0. The molecule has 0 aromatic carbocycles. The molecule has 0 amide bonds. The SMILES string of the molecule is CC(C)[C@@H]1CC[C@@H](C)C[C@H]1OCC(=O)[O-]. The molecule has 88 valence electrons. The van der Waals surface area contributed by atoms with Crippen molar-refractivity contribution in [3.8, 4) is 0 Å². The lowest BCUT2D eigenvalue weighted by molar-refractivity contribution is -0.311. The molecule has 0 bridgehead atoms. The third-order valence-electron chi connectivity index (χ3n) is 3.38. The van der Waals surface area contributed by atoms with E-state index in [1.165, 1.54) is 6.42 Å². The highest BCUT2D eigenvalue weighted by molar-refractivity contribution is 5.65. The van der Waals surface area contributed by atoms with E-state index in [0.29, 0.717) is 17.8 Å². The third kappa shape index (κ3) is 3.82. The van der Waals surface area contributed by atoms with Gasteiger partial charge in [0.25, 0.3) is 0 Å². The van der Waals surface area contributed by atoms with Gasteiger partial charge in [0.2, 0.25) is 0 Å². The second-order valence-corrected chi connectivity index (χ2v) is 5.05. The van der Waals surface area contributed by atoms with Gasteiger partial charge in [-0.3, -0.25) is 0 Å². The molecule has 0 saturated heterocycles. The van der Waals surface area contributed by atoms with Crippen LogP contribution in [-0.2, 0) is 9.53 Å². The first kappa shape index (κ1) is 12.5. The number of carboxylic acids is 1. The third-order valence-corrected chi connectivity index (χ3v) is 3.38. The molecule has 0 spiro atoms. The fourth-order valence-electron chi connectivity index (χ4n) is 2.48. The van der Waals surface area contributed by atoms with Crippen LogP contribution in [0.25, 0.3) is 0 Å². The maximum atomic E-state index is 10.4. The van der Waals surface area contributed by atoms with Crippen molar-refractivity contribution in [1.82, 2.24) is 0 Å². The van der Waals surface area contributed by atoms with Crippen LogP contribution in [-0.4, -0.2) is 18.7 Å². The highest BCUT2D eigenvalue weighted by Gasteiger charge is 2.31. The predicted molar refractivity (Wildman–Crippen MR) is 56.1 cm³/mol. The van der Waals surface area contributed by atoms with Crippen molar-refractivity contribution >= 4 is 5.97 Å². The molecule has 1 aliphatic carbocycles. The summed E-state index contributed by atoms with van der Waals surface area (Å²) in [5, 5.41) is 10.4. The Balaban J connectivity index is 2.50. The average Bonchev–Trinajstić information content (AvgIpc) is 2.14. The van der Waals surface area contributed by atoms with Crippen LogP contribution < -0.4 is 5.11 Å². The van der Waals surface area contributed by atoms with Gasteiger partial charge in [0, 0.05) is 0 Å². The Morgan fingerprint density at radius 2 is 2.13 bits per heavy atom. The number of carbonyl (C=O) groups excluding carboxylic acids is 1. The highest BCUT2D eigenvalue weighted by atomic mass is 16.5. The van der Waals surface area contributed by atoms with Gasteiger partial charge in [0.15, 0.2) is 0 Å². The number of ether oxygens (including phenoxy) is 1. The second-order valence-electron chi connectivity index (χ2n) is 5.05. The summed E-state index contributed by atoms with van der Waals surface area (Å²) >= 11 is 0. The summed E-state index contributed by atoms with van der Waals surface area (Å²) < 4.78 is 5.43. The Kier molecular flexibility index (Phi) is 4.58. The molecule has 15 heavy (non-hydrogen) atoms. The molecule has 1 saturated carbocycles. The van der Waals surface area contributed by atoms with Crippen LogP contribution in [0.2, 0.25) is 0 Å². The summed E-state index contributed by atoms with van der Waals surface area (Å²) in [6.45, 7) is 6.29. The molecule has 1 fully saturated rings. The van der Waals surface area contributed by atoms with Crippen molar-refractivity contribution < 1.29 is 14.6 Å². The summed E-state index contributed by atoms with van der Waals surface area (Å²) in [5.41, 5.74) is 0. The quantitative estimate of drug-likeness (QED) is 0.705. The maximum absolute atomic E-state index is 10.4. The van der Waals surface area contributed by atoms with E-state index in [0.717, 1.165) is 12.8 Å². The van der Waals surface area contributed by atoms with E-state index in [4.69, 9.17) is 4.74 Å². The lowest BCUT2D eigenvalue weighted by Gasteiger charge is -2.37. The monoisotopic (exact) mass is 213 g/mol. The molecular formula is C12H21O3-. The van der Waals surface area contributed by atoms with Crippen LogP contribution in [0.4, 0.5) is 0 Å². The lowest BCUT2D eigenvalue weighted by Crippen LogP contribution is -2.38. The number of aliphatic carboxylic acids is 1. The van der Waals surface area contributed by atoms with E-state index in [2.05, 4.69) is 20.8 Å². The molecule has 1 aliphatic rings. The topological polar surface area (TPSA) is 49.4 Å². The van der Waals surface area contributed by atoms with E-state index in [-0.39, 0.29) is 12.7 Å². The van der Waals surface area contributed by atoms with Crippen LogP contribution in [0, 0.1) is 17.8 Å². The molecular weight excluding hydrogens is 192 g/mol. The Hall–Kier alpha value is -0.570. The predicted octanol–water partition coefficient (Wildman–Crippen LogP) is 1.21. The number of carboxylic acid groups (broad SMARTS) is 1. The molecule has 0 heterocycles. The Morgan fingerprint density at radius 1 is 1.47 bits per heavy atom. The van der Waals surface area contributed by atoms with Gasteiger partial charge in [-0.2, -0.15) is 0 Å². The Bertz CT molecular complexity index is 213. The average molecular weight is 213 g/mol. The largest absolute Gasteiger partial charge is 0.548 e. The first-order valence-corrected chi connectivity index (χ1v) is 5.82. The van der Waals surface area contributed by atoms with Crippen LogP contribution in [0.1, 0.15) is 40.0 Å². The Morgan fingerprint density at radius 3 is 2.67 bits per heavy atom. The van der Waals surface area contributed by atoms with E-state index >= 15 is 0 Å². The highest BCUT2D eigenvalue weighted by Crippen LogP contribution is 2.35. The van der Waals surface area contributed by atoms with Crippen molar-refractivity contribution in [2.24, 2.45) is 17.8 Å². The Labute approximate surface area is 91.8 Å². The van der Waals surface area contributed by atoms with E-state index in [9.17, 15) is 9.90 Å². The molecule has 0 radical (unpaired) electrons. The van der Waals surface area contributed by atoms with Crippen molar-refractivity contribution in [3.05, 3.63) is 0 Å². The molecule has 0 aromatic heterocycles. The second kappa shape index (κ2) is 5.50. The van der Waals surface area contributed by atoms with Crippen molar-refractivity contribution in [1.29, 1.82) is 0 Å². The molecule has 1 rings (SSSR count). The van der Waals surface area contributed by atoms with Crippen LogP contribution >= 0.6 is 0 Å². The molecule has 0 aromatic rings. The van der Waals surface area contributed by atoms with Crippen molar-refractivity contribution in [2.45, 2.75) is 46.1 Å². The molecule has 0 unspecified atom stereocenters. The number of hydrogen-bond acceptors (Lipinski definition) is 3. The summed E-state index contributed by atoms with van der Waals surface area (Å²) in [4.78, 5) is 10.4. The maximum Gasteiger partial charge on any atom is 0.0865 e. The van der Waals surface area contributed by atoms with Crippen molar-refractivity contribution in [3.63, 3.8) is 0 Å².